The van der Waals surface area contributed by atoms with Gasteiger partial charge in [-0.05, 0) is 31.0 Å². The molecule has 2 aromatic rings. The van der Waals surface area contributed by atoms with Crippen LogP contribution in [-0.4, -0.2) is 30.9 Å². The van der Waals surface area contributed by atoms with Gasteiger partial charge in [-0.1, -0.05) is 0 Å². The van der Waals surface area contributed by atoms with Crippen LogP contribution >= 0.6 is 0 Å². The third-order valence-electron chi connectivity index (χ3n) is 3.67. The van der Waals surface area contributed by atoms with E-state index in [0.717, 1.165) is 22.9 Å². The van der Waals surface area contributed by atoms with Crippen molar-refractivity contribution in [2.45, 2.75) is 18.9 Å². The highest BCUT2D eigenvalue weighted by atomic mass is 32.2. The highest BCUT2D eigenvalue weighted by Gasteiger charge is 2.24. The molecule has 1 atom stereocenters. The van der Waals surface area contributed by atoms with Crippen molar-refractivity contribution in [2.75, 3.05) is 22.6 Å². The van der Waals surface area contributed by atoms with Crippen LogP contribution in [0.3, 0.4) is 0 Å². The number of pyridine rings is 1. The van der Waals surface area contributed by atoms with Crippen molar-refractivity contribution in [3.05, 3.63) is 30.6 Å². The minimum absolute atomic E-state index is 0.0409. The highest BCUT2D eigenvalue weighted by Crippen LogP contribution is 2.29. The number of nitrogens with one attached hydrogen (secondary N) is 1. The number of nitrogens with zero attached hydrogens (tertiary/aromatic N) is 1. The monoisotopic (exact) mass is 291 g/mol. The van der Waals surface area contributed by atoms with Crippen molar-refractivity contribution in [1.29, 1.82) is 0 Å². The van der Waals surface area contributed by atoms with Crippen molar-refractivity contribution in [3.63, 3.8) is 0 Å². The number of nitrogens with two attached hydrogens (primary N) is 1. The van der Waals surface area contributed by atoms with Crippen LogP contribution in [0, 0.1) is 0 Å². The Labute approximate surface area is 118 Å². The third-order valence-corrected chi connectivity index (χ3v) is 5.50. The second-order valence-corrected chi connectivity index (χ2v) is 7.45. The summed E-state index contributed by atoms with van der Waals surface area (Å²) >= 11 is 0. The SMILES string of the molecule is Nc1ccc(NC2CCCS(=O)(=O)C2)c2cnccc12. The molecule has 1 aromatic carbocycles. The van der Waals surface area contributed by atoms with Crippen molar-refractivity contribution in [3.8, 4) is 0 Å². The molecule has 0 aliphatic carbocycles. The first-order chi connectivity index (χ1) is 9.55. The summed E-state index contributed by atoms with van der Waals surface area (Å²) < 4.78 is 23.4. The van der Waals surface area contributed by atoms with Crippen molar-refractivity contribution < 1.29 is 8.42 Å². The van der Waals surface area contributed by atoms with Crippen LogP contribution in [0.1, 0.15) is 12.8 Å². The summed E-state index contributed by atoms with van der Waals surface area (Å²) in [4.78, 5) is 4.12. The lowest BCUT2D eigenvalue weighted by molar-refractivity contribution is 0.562. The molecular formula is C14H17N3O2S. The summed E-state index contributed by atoms with van der Waals surface area (Å²) in [6.07, 6.45) is 5.04. The van der Waals surface area contributed by atoms with Gasteiger partial charge in [0, 0.05) is 40.6 Å². The quantitative estimate of drug-likeness (QED) is 0.824. The van der Waals surface area contributed by atoms with Crippen LogP contribution < -0.4 is 11.1 Å². The van der Waals surface area contributed by atoms with Gasteiger partial charge in [0.1, 0.15) is 0 Å². The van der Waals surface area contributed by atoms with Crippen LogP contribution in [0.4, 0.5) is 11.4 Å². The van der Waals surface area contributed by atoms with E-state index >= 15 is 0 Å². The summed E-state index contributed by atoms with van der Waals surface area (Å²) in [5, 5.41) is 5.19. The molecule has 1 aliphatic heterocycles. The Bertz CT molecular complexity index is 743. The molecule has 1 unspecified atom stereocenters. The molecule has 1 aliphatic rings. The molecule has 6 heteroatoms. The van der Waals surface area contributed by atoms with Gasteiger partial charge in [-0.2, -0.15) is 0 Å². The zero-order chi connectivity index (χ0) is 14.2. The molecule has 0 saturated carbocycles. The first kappa shape index (κ1) is 13.2. The van der Waals surface area contributed by atoms with Gasteiger partial charge in [-0.25, -0.2) is 8.42 Å². The first-order valence-corrected chi connectivity index (χ1v) is 8.46. The standard InChI is InChI=1S/C14H17N3O2S/c15-13-3-4-14(12-8-16-6-5-11(12)13)17-10-2-1-7-20(18,19)9-10/h3-6,8,10,17H,1-2,7,9,15H2. The number of anilines is 2. The number of fused-ring (bicyclic) bond motifs is 1. The molecule has 0 bridgehead atoms. The number of hydrogen-bond donors (Lipinski definition) is 2. The predicted molar refractivity (Wildman–Crippen MR) is 81.5 cm³/mol. The Morgan fingerprint density at radius 3 is 2.90 bits per heavy atom. The van der Waals surface area contributed by atoms with Crippen LogP contribution in [0.25, 0.3) is 10.8 Å². The van der Waals surface area contributed by atoms with Gasteiger partial charge < -0.3 is 11.1 Å². The topological polar surface area (TPSA) is 85.1 Å². The summed E-state index contributed by atoms with van der Waals surface area (Å²) in [5.41, 5.74) is 7.54. The maximum absolute atomic E-state index is 11.7. The highest BCUT2D eigenvalue weighted by molar-refractivity contribution is 7.91. The van der Waals surface area contributed by atoms with E-state index in [2.05, 4.69) is 10.3 Å². The van der Waals surface area contributed by atoms with Crippen molar-refractivity contribution >= 4 is 32.0 Å². The molecule has 0 radical (unpaired) electrons. The molecule has 5 nitrogen and oxygen atoms in total. The van der Waals surface area contributed by atoms with E-state index < -0.39 is 9.84 Å². The van der Waals surface area contributed by atoms with Gasteiger partial charge in [0.15, 0.2) is 9.84 Å². The van der Waals surface area contributed by atoms with E-state index in [-0.39, 0.29) is 11.8 Å². The normalized spacial score (nSPS) is 21.7. The number of sulfone groups is 1. The summed E-state index contributed by atoms with van der Waals surface area (Å²) in [6, 6.07) is 5.55. The largest absolute Gasteiger partial charge is 0.398 e. The van der Waals surface area contributed by atoms with E-state index in [4.69, 9.17) is 5.73 Å². The molecule has 2 heterocycles. The van der Waals surface area contributed by atoms with E-state index in [0.29, 0.717) is 17.9 Å². The smallest absolute Gasteiger partial charge is 0.152 e. The molecule has 3 rings (SSSR count). The molecule has 20 heavy (non-hydrogen) atoms. The maximum Gasteiger partial charge on any atom is 0.152 e. The van der Waals surface area contributed by atoms with E-state index in [9.17, 15) is 8.42 Å². The Morgan fingerprint density at radius 1 is 1.25 bits per heavy atom. The molecule has 1 fully saturated rings. The number of aromatic nitrogens is 1. The molecule has 0 spiro atoms. The van der Waals surface area contributed by atoms with Crippen LogP contribution in [-0.2, 0) is 9.84 Å². The lowest BCUT2D eigenvalue weighted by Gasteiger charge is -2.24. The van der Waals surface area contributed by atoms with Crippen molar-refractivity contribution in [2.24, 2.45) is 0 Å². The second kappa shape index (κ2) is 4.94. The predicted octanol–water partition coefficient (Wildman–Crippen LogP) is 1.81. The fourth-order valence-corrected chi connectivity index (χ4v) is 4.33. The van der Waals surface area contributed by atoms with Gasteiger partial charge >= 0.3 is 0 Å². The average Bonchev–Trinajstić information content (AvgIpc) is 2.41. The van der Waals surface area contributed by atoms with Crippen LogP contribution in [0.15, 0.2) is 30.6 Å². The average molecular weight is 291 g/mol. The number of rotatable bonds is 2. The van der Waals surface area contributed by atoms with Gasteiger partial charge in [0.2, 0.25) is 0 Å². The fraction of sp³-hybridized carbons (Fsp3) is 0.357. The number of benzene rings is 1. The van der Waals surface area contributed by atoms with Gasteiger partial charge in [-0.3, -0.25) is 4.98 Å². The lowest BCUT2D eigenvalue weighted by atomic mass is 10.1. The van der Waals surface area contributed by atoms with Crippen LogP contribution in [0.5, 0.6) is 0 Å². The molecule has 1 aromatic heterocycles. The molecule has 0 amide bonds. The Balaban J connectivity index is 1.93. The molecule has 106 valence electrons. The zero-order valence-electron chi connectivity index (χ0n) is 11.0. The summed E-state index contributed by atoms with van der Waals surface area (Å²) in [6.45, 7) is 0. The molecule has 1 saturated heterocycles. The molecule has 3 N–H and O–H groups in total. The van der Waals surface area contributed by atoms with Gasteiger partial charge in [-0.15, -0.1) is 0 Å². The first-order valence-electron chi connectivity index (χ1n) is 6.64. The third kappa shape index (κ3) is 2.56. The van der Waals surface area contributed by atoms with Gasteiger partial charge in [0.05, 0.1) is 11.5 Å². The Hall–Kier alpha value is -1.82. The van der Waals surface area contributed by atoms with E-state index in [1.165, 1.54) is 0 Å². The fourth-order valence-electron chi connectivity index (χ4n) is 2.70. The summed E-state index contributed by atoms with van der Waals surface area (Å²) in [7, 11) is -2.92. The van der Waals surface area contributed by atoms with Crippen LogP contribution in [0.2, 0.25) is 0 Å². The Kier molecular flexibility index (Phi) is 3.25. The molecular weight excluding hydrogens is 274 g/mol. The number of hydrogen-bond acceptors (Lipinski definition) is 5. The minimum atomic E-state index is -2.92. The summed E-state index contributed by atoms with van der Waals surface area (Å²) in [5.74, 6) is 0.494. The second-order valence-electron chi connectivity index (χ2n) is 5.22. The Morgan fingerprint density at radius 2 is 2.10 bits per heavy atom. The van der Waals surface area contributed by atoms with Crippen molar-refractivity contribution in [1.82, 2.24) is 4.98 Å². The number of nitrogen functional groups attached to an aromatic ring is 1. The van der Waals surface area contributed by atoms with Gasteiger partial charge in [0.25, 0.3) is 0 Å². The maximum atomic E-state index is 11.7. The minimum Gasteiger partial charge on any atom is -0.398 e. The van der Waals surface area contributed by atoms with E-state index in [1.807, 2.05) is 18.2 Å². The van der Waals surface area contributed by atoms with E-state index in [1.54, 1.807) is 12.4 Å². The lowest BCUT2D eigenvalue weighted by Crippen LogP contribution is -2.34. The zero-order valence-corrected chi connectivity index (χ0v) is 11.9.